The molecule has 0 saturated heterocycles. The van der Waals surface area contributed by atoms with Gasteiger partial charge in [0, 0.05) is 27.1 Å². The Balaban J connectivity index is 1.28. The van der Waals surface area contributed by atoms with Crippen LogP contribution in [0.3, 0.4) is 0 Å². The molecule has 0 aliphatic carbocycles. The fourth-order valence-corrected chi connectivity index (χ4v) is 4.71. The quantitative estimate of drug-likeness (QED) is 0.304. The summed E-state index contributed by atoms with van der Waals surface area (Å²) in [6.07, 6.45) is 0. The van der Waals surface area contributed by atoms with Crippen molar-refractivity contribution < 1.29 is 9.59 Å². The molecule has 0 fully saturated rings. The van der Waals surface area contributed by atoms with Crippen molar-refractivity contribution in [3.63, 3.8) is 0 Å². The van der Waals surface area contributed by atoms with Crippen LogP contribution in [-0.4, -0.2) is 22.6 Å². The number of anilines is 2. The number of thioether (sulfide) groups is 1. The third-order valence-electron chi connectivity index (χ3n) is 4.93. The van der Waals surface area contributed by atoms with E-state index in [1.807, 2.05) is 92.0 Å². The molecule has 0 unspecified atom stereocenters. The molecule has 0 aliphatic rings. The average molecular weight is 474 g/mol. The summed E-state index contributed by atoms with van der Waals surface area (Å²) >= 11 is 2.84. The lowest BCUT2D eigenvalue weighted by molar-refractivity contribution is -0.113. The number of carbonyl (C=O) groups is 2. The lowest BCUT2D eigenvalue weighted by Gasteiger charge is -2.09. The molecule has 33 heavy (non-hydrogen) atoms. The third-order valence-corrected chi connectivity index (χ3v) is 6.70. The molecule has 0 spiro atoms. The van der Waals surface area contributed by atoms with Crippen molar-refractivity contribution in [1.82, 2.24) is 4.98 Å². The van der Waals surface area contributed by atoms with Crippen molar-refractivity contribution in [3.8, 4) is 11.3 Å². The Hall–Kier alpha value is -3.42. The number of rotatable bonds is 7. The average Bonchev–Trinajstić information content (AvgIpc) is 3.27. The molecule has 0 saturated carbocycles. The Labute approximate surface area is 201 Å². The van der Waals surface area contributed by atoms with E-state index in [2.05, 4.69) is 15.6 Å². The molecule has 0 aliphatic heterocycles. The van der Waals surface area contributed by atoms with E-state index in [1.54, 1.807) is 0 Å². The van der Waals surface area contributed by atoms with Crippen LogP contribution in [0.25, 0.3) is 11.3 Å². The van der Waals surface area contributed by atoms with Crippen molar-refractivity contribution in [2.75, 3.05) is 16.4 Å². The monoisotopic (exact) mass is 473 g/mol. The minimum atomic E-state index is -0.134. The first kappa shape index (κ1) is 22.8. The van der Waals surface area contributed by atoms with Crippen LogP contribution in [0.1, 0.15) is 21.5 Å². The van der Waals surface area contributed by atoms with E-state index in [0.29, 0.717) is 16.4 Å². The number of aromatic nitrogens is 1. The van der Waals surface area contributed by atoms with Crippen LogP contribution in [-0.2, 0) is 4.79 Å². The third kappa shape index (κ3) is 6.09. The van der Waals surface area contributed by atoms with E-state index in [0.717, 1.165) is 27.3 Å². The zero-order chi connectivity index (χ0) is 23.2. The number of hydrogen-bond donors (Lipinski definition) is 2. The van der Waals surface area contributed by atoms with Crippen LogP contribution < -0.4 is 10.6 Å². The highest BCUT2D eigenvalue weighted by molar-refractivity contribution is 8.00. The standard InChI is InChI=1S/C26H23N3O2S2/c1-17-8-13-22(18(2)14-17)25(31)27-20-9-11-21(12-10-20)32-16-24(30)29-26-28-23(15-33-26)19-6-4-3-5-7-19/h3-15H,16H2,1-2H3,(H,27,31)(H,28,29,30). The number of thiazole rings is 1. The summed E-state index contributed by atoms with van der Waals surface area (Å²) in [4.78, 5) is 30.3. The maximum absolute atomic E-state index is 12.5. The molecule has 0 radical (unpaired) electrons. The second kappa shape index (κ2) is 10.5. The summed E-state index contributed by atoms with van der Waals surface area (Å²) in [6.45, 7) is 3.94. The van der Waals surface area contributed by atoms with Gasteiger partial charge in [-0.1, -0.05) is 48.0 Å². The number of aryl methyl sites for hydroxylation is 2. The molecular formula is C26H23N3O2S2. The summed E-state index contributed by atoms with van der Waals surface area (Å²) in [7, 11) is 0. The van der Waals surface area contributed by atoms with Crippen molar-refractivity contribution >= 4 is 45.7 Å². The van der Waals surface area contributed by atoms with Crippen LogP contribution in [0.15, 0.2) is 83.1 Å². The Bertz CT molecular complexity index is 1270. The SMILES string of the molecule is Cc1ccc(C(=O)Nc2ccc(SCC(=O)Nc3nc(-c4ccccc4)cs3)cc2)c(C)c1. The first-order chi connectivity index (χ1) is 16.0. The van der Waals surface area contributed by atoms with Crippen LogP contribution in [0, 0.1) is 13.8 Å². The van der Waals surface area contributed by atoms with E-state index >= 15 is 0 Å². The van der Waals surface area contributed by atoms with Gasteiger partial charge in [0.15, 0.2) is 5.13 Å². The Morgan fingerprint density at radius 2 is 1.70 bits per heavy atom. The highest BCUT2D eigenvalue weighted by atomic mass is 32.2. The van der Waals surface area contributed by atoms with Gasteiger partial charge in [-0.05, 0) is 49.7 Å². The largest absolute Gasteiger partial charge is 0.322 e. The van der Waals surface area contributed by atoms with Crippen molar-refractivity contribution in [1.29, 1.82) is 0 Å². The van der Waals surface area contributed by atoms with E-state index in [1.165, 1.54) is 23.1 Å². The Kier molecular flexibility index (Phi) is 7.22. The molecule has 2 N–H and O–H groups in total. The summed E-state index contributed by atoms with van der Waals surface area (Å²) in [6, 6.07) is 23.1. The molecule has 2 amide bonds. The number of benzene rings is 3. The number of amides is 2. The lowest BCUT2D eigenvalue weighted by Crippen LogP contribution is -2.14. The number of carbonyl (C=O) groups excluding carboxylic acids is 2. The fourth-order valence-electron chi connectivity index (χ4n) is 3.28. The predicted molar refractivity (Wildman–Crippen MR) is 137 cm³/mol. The molecule has 7 heteroatoms. The lowest BCUT2D eigenvalue weighted by atomic mass is 10.1. The fraction of sp³-hybridized carbons (Fsp3) is 0.115. The summed E-state index contributed by atoms with van der Waals surface area (Å²) in [5.41, 5.74) is 5.32. The zero-order valence-electron chi connectivity index (χ0n) is 18.3. The van der Waals surface area contributed by atoms with Gasteiger partial charge < -0.3 is 10.6 Å². The van der Waals surface area contributed by atoms with Gasteiger partial charge in [-0.3, -0.25) is 9.59 Å². The van der Waals surface area contributed by atoms with Gasteiger partial charge in [-0.25, -0.2) is 4.98 Å². The first-order valence-electron chi connectivity index (χ1n) is 10.4. The highest BCUT2D eigenvalue weighted by Crippen LogP contribution is 2.25. The van der Waals surface area contributed by atoms with Gasteiger partial charge in [-0.2, -0.15) is 0 Å². The molecule has 166 valence electrons. The maximum Gasteiger partial charge on any atom is 0.255 e. The van der Waals surface area contributed by atoms with E-state index in [4.69, 9.17) is 0 Å². The summed E-state index contributed by atoms with van der Waals surface area (Å²) in [5.74, 6) is 0.0286. The van der Waals surface area contributed by atoms with Crippen LogP contribution >= 0.6 is 23.1 Å². The van der Waals surface area contributed by atoms with Crippen LogP contribution in [0.4, 0.5) is 10.8 Å². The van der Waals surface area contributed by atoms with E-state index in [9.17, 15) is 9.59 Å². The van der Waals surface area contributed by atoms with Gasteiger partial charge in [0.2, 0.25) is 5.91 Å². The van der Waals surface area contributed by atoms with Gasteiger partial charge in [0.25, 0.3) is 5.91 Å². The molecule has 5 nitrogen and oxygen atoms in total. The van der Waals surface area contributed by atoms with Gasteiger partial charge in [0.1, 0.15) is 0 Å². The number of nitrogens with zero attached hydrogens (tertiary/aromatic N) is 1. The molecule has 3 aromatic carbocycles. The Morgan fingerprint density at radius 3 is 2.42 bits per heavy atom. The molecule has 1 heterocycles. The summed E-state index contributed by atoms with van der Waals surface area (Å²) in [5, 5.41) is 8.30. The smallest absolute Gasteiger partial charge is 0.255 e. The van der Waals surface area contributed by atoms with E-state index < -0.39 is 0 Å². The molecule has 0 atom stereocenters. The van der Waals surface area contributed by atoms with Crippen molar-refractivity contribution in [2.45, 2.75) is 18.7 Å². The second-order valence-electron chi connectivity index (χ2n) is 7.54. The van der Waals surface area contributed by atoms with Crippen molar-refractivity contribution in [2.24, 2.45) is 0 Å². The molecular weight excluding hydrogens is 450 g/mol. The minimum Gasteiger partial charge on any atom is -0.322 e. The van der Waals surface area contributed by atoms with Gasteiger partial charge in [0.05, 0.1) is 11.4 Å². The van der Waals surface area contributed by atoms with Crippen LogP contribution in [0.5, 0.6) is 0 Å². The minimum absolute atomic E-state index is 0.110. The summed E-state index contributed by atoms with van der Waals surface area (Å²) < 4.78 is 0. The number of hydrogen-bond acceptors (Lipinski definition) is 5. The molecule has 0 bridgehead atoms. The van der Waals surface area contributed by atoms with Crippen LogP contribution in [0.2, 0.25) is 0 Å². The number of nitrogens with one attached hydrogen (secondary N) is 2. The molecule has 4 aromatic rings. The zero-order valence-corrected chi connectivity index (χ0v) is 19.9. The van der Waals surface area contributed by atoms with E-state index in [-0.39, 0.29) is 17.6 Å². The normalized spacial score (nSPS) is 10.6. The van der Waals surface area contributed by atoms with Crippen molar-refractivity contribution in [3.05, 3.63) is 94.9 Å². The molecule has 4 rings (SSSR count). The maximum atomic E-state index is 12.5. The first-order valence-corrected chi connectivity index (χ1v) is 12.3. The highest BCUT2D eigenvalue weighted by Gasteiger charge is 2.11. The Morgan fingerprint density at radius 1 is 0.939 bits per heavy atom. The topological polar surface area (TPSA) is 71.1 Å². The van der Waals surface area contributed by atoms with Gasteiger partial charge >= 0.3 is 0 Å². The molecule has 1 aromatic heterocycles. The predicted octanol–water partition coefficient (Wildman–Crippen LogP) is 6.41. The van der Waals surface area contributed by atoms with Gasteiger partial charge in [-0.15, -0.1) is 23.1 Å². The second-order valence-corrected chi connectivity index (χ2v) is 9.44.